The quantitative estimate of drug-likeness (QED) is 0.819. The first-order valence-electron chi connectivity index (χ1n) is 3.72. The molecule has 0 saturated heterocycles. The van der Waals surface area contributed by atoms with E-state index < -0.39 is 0 Å². The molecule has 0 aliphatic rings. The zero-order valence-corrected chi connectivity index (χ0v) is 10.3. The van der Waals surface area contributed by atoms with Crippen LogP contribution in [0, 0.1) is 5.82 Å². The number of hydrogen-bond donors (Lipinski definition) is 1. The Morgan fingerprint density at radius 1 is 1.21 bits per heavy atom. The third-order valence-electron chi connectivity index (χ3n) is 1.66. The van der Waals surface area contributed by atoms with Crippen LogP contribution in [0.25, 0.3) is 11.3 Å². The first kappa shape index (κ1) is 11.4. The number of rotatable bonds is 1. The van der Waals surface area contributed by atoms with Gasteiger partial charge in [0.1, 0.15) is 5.82 Å². The molecule has 1 aromatic carbocycles. The van der Waals surface area contributed by atoms with E-state index in [1.807, 2.05) is 5.38 Å². The number of hydrogen-bond acceptors (Lipinski definition) is 3. The molecule has 0 aliphatic heterocycles. The van der Waals surface area contributed by atoms with Crippen molar-refractivity contribution in [3.05, 3.63) is 35.5 Å². The molecular formula is C9H8FIN2S. The largest absolute Gasteiger partial charge is 0.375 e. The van der Waals surface area contributed by atoms with Gasteiger partial charge in [0.2, 0.25) is 0 Å². The standard InChI is InChI=1S/C9H7FN2S.HI/c10-7-3-1-6(2-4-7)8-5-13-9(11)12-8;/h1-5H,(H2,11,12);1H. The second-order valence-corrected chi connectivity index (χ2v) is 3.47. The molecule has 2 N–H and O–H groups in total. The third kappa shape index (κ3) is 2.42. The van der Waals surface area contributed by atoms with Gasteiger partial charge in [-0.1, -0.05) is 0 Å². The number of nitrogen functional groups attached to an aromatic ring is 1. The molecule has 0 aliphatic carbocycles. The maximum atomic E-state index is 12.6. The summed E-state index contributed by atoms with van der Waals surface area (Å²) in [7, 11) is 0. The van der Waals surface area contributed by atoms with Gasteiger partial charge in [-0.2, -0.15) is 0 Å². The van der Waals surface area contributed by atoms with E-state index >= 15 is 0 Å². The Balaban J connectivity index is 0.000000980. The van der Waals surface area contributed by atoms with Crippen LogP contribution in [0.4, 0.5) is 9.52 Å². The van der Waals surface area contributed by atoms with Gasteiger partial charge in [-0.05, 0) is 24.3 Å². The van der Waals surface area contributed by atoms with E-state index in [0.29, 0.717) is 5.13 Å². The van der Waals surface area contributed by atoms with Crippen molar-refractivity contribution >= 4 is 40.4 Å². The molecule has 0 bridgehead atoms. The molecule has 0 unspecified atom stereocenters. The van der Waals surface area contributed by atoms with Crippen LogP contribution in [0.2, 0.25) is 0 Å². The van der Waals surface area contributed by atoms with E-state index in [1.165, 1.54) is 23.5 Å². The van der Waals surface area contributed by atoms with Gasteiger partial charge in [0, 0.05) is 10.9 Å². The molecule has 2 nitrogen and oxygen atoms in total. The molecule has 2 aromatic rings. The van der Waals surface area contributed by atoms with Crippen LogP contribution < -0.4 is 5.73 Å². The highest BCUT2D eigenvalue weighted by Crippen LogP contribution is 2.22. The molecule has 0 spiro atoms. The molecule has 1 aromatic heterocycles. The van der Waals surface area contributed by atoms with E-state index in [4.69, 9.17) is 5.73 Å². The van der Waals surface area contributed by atoms with Crippen LogP contribution in [0.15, 0.2) is 29.6 Å². The SMILES string of the molecule is I.Nc1nc(-c2ccc(F)cc2)cs1. The summed E-state index contributed by atoms with van der Waals surface area (Å²) in [6.07, 6.45) is 0. The molecule has 0 atom stereocenters. The number of anilines is 1. The molecule has 1 heterocycles. The van der Waals surface area contributed by atoms with E-state index in [0.717, 1.165) is 11.3 Å². The van der Waals surface area contributed by atoms with Gasteiger partial charge in [-0.25, -0.2) is 9.37 Å². The predicted molar refractivity (Wildman–Crippen MR) is 67.3 cm³/mol. The van der Waals surface area contributed by atoms with Crippen LogP contribution in [0.5, 0.6) is 0 Å². The molecule has 2 rings (SSSR count). The van der Waals surface area contributed by atoms with Crippen molar-refractivity contribution < 1.29 is 4.39 Å². The summed E-state index contributed by atoms with van der Waals surface area (Å²) < 4.78 is 12.6. The van der Waals surface area contributed by atoms with E-state index in [2.05, 4.69) is 4.98 Å². The topological polar surface area (TPSA) is 38.9 Å². The zero-order valence-electron chi connectivity index (χ0n) is 7.11. The number of aromatic nitrogens is 1. The first-order chi connectivity index (χ1) is 6.25. The second-order valence-electron chi connectivity index (χ2n) is 2.58. The lowest BCUT2D eigenvalue weighted by Gasteiger charge is -1.94. The second kappa shape index (κ2) is 4.70. The first-order valence-corrected chi connectivity index (χ1v) is 4.60. The molecule has 0 saturated carbocycles. The number of nitrogens with zero attached hydrogens (tertiary/aromatic N) is 1. The Hall–Kier alpha value is -0.690. The highest BCUT2D eigenvalue weighted by Gasteiger charge is 2.01. The van der Waals surface area contributed by atoms with E-state index in [1.54, 1.807) is 12.1 Å². The van der Waals surface area contributed by atoms with E-state index in [9.17, 15) is 4.39 Å². The maximum Gasteiger partial charge on any atom is 0.180 e. The molecule has 0 radical (unpaired) electrons. The minimum absolute atomic E-state index is 0. The maximum absolute atomic E-state index is 12.6. The van der Waals surface area contributed by atoms with Gasteiger partial charge < -0.3 is 5.73 Å². The average molecular weight is 322 g/mol. The Bertz CT molecular complexity index is 413. The lowest BCUT2D eigenvalue weighted by Crippen LogP contribution is -1.83. The van der Waals surface area contributed by atoms with Crippen molar-refractivity contribution in [2.45, 2.75) is 0 Å². The monoisotopic (exact) mass is 322 g/mol. The van der Waals surface area contributed by atoms with Crippen molar-refractivity contribution in [2.75, 3.05) is 5.73 Å². The average Bonchev–Trinajstić information content (AvgIpc) is 2.53. The molecule has 0 amide bonds. The minimum Gasteiger partial charge on any atom is -0.375 e. The van der Waals surface area contributed by atoms with Crippen molar-refractivity contribution in [1.82, 2.24) is 4.98 Å². The van der Waals surface area contributed by atoms with Gasteiger partial charge >= 0.3 is 0 Å². The molecule has 74 valence electrons. The predicted octanol–water partition coefficient (Wildman–Crippen LogP) is 3.15. The zero-order chi connectivity index (χ0) is 9.26. The van der Waals surface area contributed by atoms with Crippen LogP contribution in [-0.4, -0.2) is 4.98 Å². The highest BCUT2D eigenvalue weighted by molar-refractivity contribution is 14.0. The van der Waals surface area contributed by atoms with Crippen LogP contribution >= 0.6 is 35.3 Å². The fourth-order valence-electron chi connectivity index (χ4n) is 1.04. The van der Waals surface area contributed by atoms with Crippen molar-refractivity contribution in [1.29, 1.82) is 0 Å². The van der Waals surface area contributed by atoms with Crippen LogP contribution in [-0.2, 0) is 0 Å². The van der Waals surface area contributed by atoms with Crippen molar-refractivity contribution in [3.8, 4) is 11.3 Å². The summed E-state index contributed by atoms with van der Waals surface area (Å²) in [5, 5.41) is 2.38. The fraction of sp³-hybridized carbons (Fsp3) is 0. The summed E-state index contributed by atoms with van der Waals surface area (Å²) in [5.74, 6) is -0.244. The molecule has 14 heavy (non-hydrogen) atoms. The van der Waals surface area contributed by atoms with Gasteiger partial charge in [0.15, 0.2) is 5.13 Å². The lowest BCUT2D eigenvalue weighted by atomic mass is 10.2. The van der Waals surface area contributed by atoms with Gasteiger partial charge in [-0.15, -0.1) is 35.3 Å². The Morgan fingerprint density at radius 3 is 2.36 bits per heavy atom. The molecular weight excluding hydrogens is 314 g/mol. The molecule has 0 fully saturated rings. The smallest absolute Gasteiger partial charge is 0.180 e. The summed E-state index contributed by atoms with van der Waals surface area (Å²) >= 11 is 1.38. The summed E-state index contributed by atoms with van der Waals surface area (Å²) in [5.41, 5.74) is 7.16. The summed E-state index contributed by atoms with van der Waals surface area (Å²) in [4.78, 5) is 4.08. The van der Waals surface area contributed by atoms with Gasteiger partial charge in [-0.3, -0.25) is 0 Å². The van der Waals surface area contributed by atoms with Crippen molar-refractivity contribution in [3.63, 3.8) is 0 Å². The minimum atomic E-state index is -0.244. The van der Waals surface area contributed by atoms with Crippen LogP contribution in [0.1, 0.15) is 0 Å². The highest BCUT2D eigenvalue weighted by atomic mass is 127. The third-order valence-corrected chi connectivity index (χ3v) is 2.34. The number of benzene rings is 1. The summed E-state index contributed by atoms with van der Waals surface area (Å²) in [6.45, 7) is 0. The summed E-state index contributed by atoms with van der Waals surface area (Å²) in [6, 6.07) is 6.18. The Morgan fingerprint density at radius 2 is 1.86 bits per heavy atom. The Kier molecular flexibility index (Phi) is 3.82. The van der Waals surface area contributed by atoms with E-state index in [-0.39, 0.29) is 29.8 Å². The van der Waals surface area contributed by atoms with Crippen LogP contribution in [0.3, 0.4) is 0 Å². The number of thiazole rings is 1. The normalized spacial score (nSPS) is 9.50. The Labute approximate surface area is 102 Å². The fourth-order valence-corrected chi connectivity index (χ4v) is 1.61. The van der Waals surface area contributed by atoms with Crippen molar-refractivity contribution in [2.24, 2.45) is 0 Å². The van der Waals surface area contributed by atoms with Gasteiger partial charge in [0.05, 0.1) is 5.69 Å². The molecule has 5 heteroatoms. The number of halogens is 2. The number of nitrogens with two attached hydrogens (primary N) is 1. The van der Waals surface area contributed by atoms with Gasteiger partial charge in [0.25, 0.3) is 0 Å². The lowest BCUT2D eigenvalue weighted by molar-refractivity contribution is 0.628.